The van der Waals surface area contributed by atoms with Crippen LogP contribution in [0.3, 0.4) is 0 Å². The Bertz CT molecular complexity index is 489. The highest BCUT2D eigenvalue weighted by Gasteiger charge is 2.01. The van der Waals surface area contributed by atoms with Gasteiger partial charge in [-0.2, -0.15) is 5.26 Å². The second-order valence-electron chi connectivity index (χ2n) is 4.21. The smallest absolute Gasteiger partial charge is 0.244 e. The summed E-state index contributed by atoms with van der Waals surface area (Å²) in [5.41, 5.74) is 1.37. The highest BCUT2D eigenvalue weighted by atomic mass is 16.3. The lowest BCUT2D eigenvalue weighted by molar-refractivity contribution is -0.116. The molecule has 0 saturated carbocycles. The molecule has 19 heavy (non-hydrogen) atoms. The molecule has 0 radical (unpaired) electrons. The van der Waals surface area contributed by atoms with Gasteiger partial charge < -0.3 is 10.4 Å². The first-order chi connectivity index (χ1) is 9.15. The summed E-state index contributed by atoms with van der Waals surface area (Å²) in [6, 6.07) is 9.07. The highest BCUT2D eigenvalue weighted by molar-refractivity contribution is 5.91. The summed E-state index contributed by atoms with van der Waals surface area (Å²) in [4.78, 5) is 11.5. The predicted octanol–water partition coefficient (Wildman–Crippen LogP) is 1.85. The van der Waals surface area contributed by atoms with Crippen LogP contribution in [-0.2, 0) is 4.79 Å². The second-order valence-corrected chi connectivity index (χ2v) is 4.21. The maximum atomic E-state index is 11.5. The Hall–Kier alpha value is -2.12. The molecule has 0 aliphatic rings. The summed E-state index contributed by atoms with van der Waals surface area (Å²) in [5, 5.41) is 20.8. The van der Waals surface area contributed by atoms with E-state index in [9.17, 15) is 9.90 Å². The van der Waals surface area contributed by atoms with Crippen molar-refractivity contribution in [1.82, 2.24) is 5.32 Å². The van der Waals surface area contributed by atoms with Crippen molar-refractivity contribution in [2.75, 3.05) is 6.54 Å². The van der Waals surface area contributed by atoms with Crippen LogP contribution in [0.25, 0.3) is 6.08 Å². The summed E-state index contributed by atoms with van der Waals surface area (Å²) in [6.45, 7) is 2.35. The Morgan fingerprint density at radius 1 is 1.58 bits per heavy atom. The second kappa shape index (κ2) is 8.06. The lowest BCUT2D eigenvalue weighted by Gasteiger charge is -2.07. The maximum Gasteiger partial charge on any atom is 0.244 e. The molecule has 1 aromatic carbocycles. The van der Waals surface area contributed by atoms with E-state index < -0.39 is 0 Å². The maximum absolute atomic E-state index is 11.5. The number of carbonyl (C=O) groups is 1. The van der Waals surface area contributed by atoms with E-state index in [1.807, 2.05) is 19.1 Å². The third-order valence-corrected chi connectivity index (χ3v) is 2.69. The van der Waals surface area contributed by atoms with Crippen LogP contribution in [0.15, 0.2) is 30.3 Å². The van der Waals surface area contributed by atoms with E-state index in [0.29, 0.717) is 24.9 Å². The van der Waals surface area contributed by atoms with Crippen molar-refractivity contribution in [3.8, 4) is 6.07 Å². The van der Waals surface area contributed by atoms with Gasteiger partial charge in [-0.1, -0.05) is 19.1 Å². The number of nitriles is 1. The van der Waals surface area contributed by atoms with Crippen LogP contribution in [0.5, 0.6) is 0 Å². The Morgan fingerprint density at radius 3 is 3.05 bits per heavy atom. The number of amides is 1. The molecule has 1 unspecified atom stereocenters. The minimum absolute atomic E-state index is 0.203. The summed E-state index contributed by atoms with van der Waals surface area (Å²) < 4.78 is 0. The molecule has 0 aromatic heterocycles. The third-order valence-electron chi connectivity index (χ3n) is 2.69. The predicted molar refractivity (Wildman–Crippen MR) is 74.1 cm³/mol. The van der Waals surface area contributed by atoms with Crippen LogP contribution >= 0.6 is 0 Å². The van der Waals surface area contributed by atoms with Gasteiger partial charge in [-0.15, -0.1) is 0 Å². The van der Waals surface area contributed by atoms with Crippen LogP contribution in [0.2, 0.25) is 0 Å². The molecule has 1 rings (SSSR count). The Balaban J connectivity index is 2.43. The van der Waals surface area contributed by atoms with E-state index >= 15 is 0 Å². The zero-order valence-corrected chi connectivity index (χ0v) is 11.0. The fourth-order valence-corrected chi connectivity index (χ4v) is 1.51. The van der Waals surface area contributed by atoms with Gasteiger partial charge in [0.25, 0.3) is 0 Å². The van der Waals surface area contributed by atoms with Crippen molar-refractivity contribution in [1.29, 1.82) is 5.26 Å². The molecule has 0 heterocycles. The van der Waals surface area contributed by atoms with Crippen LogP contribution in [-0.4, -0.2) is 23.7 Å². The van der Waals surface area contributed by atoms with Gasteiger partial charge in [-0.05, 0) is 36.6 Å². The molecule has 100 valence electrons. The van der Waals surface area contributed by atoms with Crippen molar-refractivity contribution in [3.63, 3.8) is 0 Å². The van der Waals surface area contributed by atoms with E-state index in [4.69, 9.17) is 5.26 Å². The molecule has 4 heteroatoms. The molecule has 0 fully saturated rings. The number of rotatable bonds is 6. The summed E-state index contributed by atoms with van der Waals surface area (Å²) >= 11 is 0. The first-order valence-corrected chi connectivity index (χ1v) is 6.30. The number of nitrogens with one attached hydrogen (secondary N) is 1. The number of nitrogens with zero attached hydrogens (tertiary/aromatic N) is 1. The van der Waals surface area contributed by atoms with Crippen LogP contribution in [0, 0.1) is 11.3 Å². The summed E-state index contributed by atoms with van der Waals surface area (Å²) in [5.74, 6) is -0.203. The molecular weight excluding hydrogens is 240 g/mol. The topological polar surface area (TPSA) is 73.1 Å². The van der Waals surface area contributed by atoms with Crippen LogP contribution in [0.4, 0.5) is 0 Å². The standard InChI is InChI=1S/C15H18N2O2/c1-2-14(18)8-9-17-15(19)7-6-12-4-3-5-13(10-12)11-16/h3-7,10,14,18H,2,8-9H2,1H3,(H,17,19)/b7-6+. The van der Waals surface area contributed by atoms with Crippen LogP contribution < -0.4 is 5.32 Å². The Labute approximate surface area is 113 Å². The van der Waals surface area contributed by atoms with Crippen molar-refractivity contribution in [3.05, 3.63) is 41.5 Å². The van der Waals surface area contributed by atoms with Crippen molar-refractivity contribution < 1.29 is 9.90 Å². The van der Waals surface area contributed by atoms with Gasteiger partial charge in [0, 0.05) is 12.6 Å². The number of benzene rings is 1. The lowest BCUT2D eigenvalue weighted by Crippen LogP contribution is -2.25. The van der Waals surface area contributed by atoms with Gasteiger partial charge >= 0.3 is 0 Å². The van der Waals surface area contributed by atoms with Gasteiger partial charge in [-0.25, -0.2) is 0 Å². The zero-order valence-electron chi connectivity index (χ0n) is 11.0. The van der Waals surface area contributed by atoms with Gasteiger partial charge in [0.1, 0.15) is 0 Å². The van der Waals surface area contributed by atoms with Gasteiger partial charge in [0.05, 0.1) is 17.7 Å². The first-order valence-electron chi connectivity index (χ1n) is 6.30. The zero-order chi connectivity index (χ0) is 14.1. The SMILES string of the molecule is CCC(O)CCNC(=O)/C=C/c1cccc(C#N)c1. The molecule has 0 bridgehead atoms. The van der Waals surface area contributed by atoms with Gasteiger partial charge in [0.2, 0.25) is 5.91 Å². The molecule has 2 N–H and O–H groups in total. The first kappa shape index (κ1) is 14.9. The normalized spacial score (nSPS) is 12.1. The summed E-state index contributed by atoms with van der Waals surface area (Å²) in [7, 11) is 0. The van der Waals surface area contributed by atoms with E-state index in [-0.39, 0.29) is 12.0 Å². The average Bonchev–Trinajstić information content (AvgIpc) is 2.45. The molecule has 1 aromatic rings. The number of aliphatic hydroxyl groups excluding tert-OH is 1. The van der Waals surface area contributed by atoms with E-state index in [0.717, 1.165) is 5.56 Å². The van der Waals surface area contributed by atoms with E-state index in [1.165, 1.54) is 6.08 Å². The number of hydrogen-bond acceptors (Lipinski definition) is 3. The largest absolute Gasteiger partial charge is 0.393 e. The van der Waals surface area contributed by atoms with E-state index in [1.54, 1.807) is 24.3 Å². The fourth-order valence-electron chi connectivity index (χ4n) is 1.51. The van der Waals surface area contributed by atoms with Crippen molar-refractivity contribution >= 4 is 12.0 Å². The summed E-state index contributed by atoms with van der Waals surface area (Å²) in [6.07, 6.45) is 3.96. The lowest BCUT2D eigenvalue weighted by atomic mass is 10.1. The Kier molecular flexibility index (Phi) is 6.34. The third kappa shape index (κ3) is 5.84. The Morgan fingerprint density at radius 2 is 2.37 bits per heavy atom. The molecule has 0 saturated heterocycles. The molecule has 1 atom stereocenters. The molecular formula is C15H18N2O2. The monoisotopic (exact) mass is 258 g/mol. The fraction of sp³-hybridized carbons (Fsp3) is 0.333. The van der Waals surface area contributed by atoms with Crippen molar-refractivity contribution in [2.24, 2.45) is 0 Å². The molecule has 1 amide bonds. The van der Waals surface area contributed by atoms with E-state index in [2.05, 4.69) is 5.32 Å². The van der Waals surface area contributed by atoms with Crippen LogP contribution in [0.1, 0.15) is 30.9 Å². The minimum atomic E-state index is -0.364. The average molecular weight is 258 g/mol. The number of hydrogen-bond donors (Lipinski definition) is 2. The number of carbonyl (C=O) groups excluding carboxylic acids is 1. The van der Waals surface area contributed by atoms with Gasteiger partial charge in [0.15, 0.2) is 0 Å². The molecule has 0 aliphatic heterocycles. The van der Waals surface area contributed by atoms with Crippen molar-refractivity contribution in [2.45, 2.75) is 25.9 Å². The molecule has 0 spiro atoms. The number of aliphatic hydroxyl groups is 1. The quantitative estimate of drug-likeness (QED) is 0.765. The molecule has 4 nitrogen and oxygen atoms in total. The molecule has 0 aliphatic carbocycles. The minimum Gasteiger partial charge on any atom is -0.393 e. The van der Waals surface area contributed by atoms with Gasteiger partial charge in [-0.3, -0.25) is 4.79 Å². The highest BCUT2D eigenvalue weighted by Crippen LogP contribution is 2.05.